The van der Waals surface area contributed by atoms with Crippen LogP contribution in [-0.4, -0.2) is 33.7 Å². The van der Waals surface area contributed by atoms with Gasteiger partial charge >= 0.3 is 0 Å². The van der Waals surface area contributed by atoms with Gasteiger partial charge in [-0.15, -0.1) is 0 Å². The number of aromatic nitrogens is 1. The van der Waals surface area contributed by atoms with Crippen molar-refractivity contribution in [3.63, 3.8) is 0 Å². The Balaban J connectivity index is 0.00000132. The Bertz CT molecular complexity index is 921. The van der Waals surface area contributed by atoms with Crippen LogP contribution in [0, 0.1) is 0 Å². The summed E-state index contributed by atoms with van der Waals surface area (Å²) in [5.41, 5.74) is 4.59. The zero-order chi connectivity index (χ0) is 21.9. The van der Waals surface area contributed by atoms with E-state index in [9.17, 15) is 4.21 Å². The Morgan fingerprint density at radius 3 is 2.16 bits per heavy atom. The lowest BCUT2D eigenvalue weighted by Crippen LogP contribution is -2.21. The number of hydrogen-bond donors (Lipinski definition) is 1. The molecule has 164 valence electrons. The Labute approximate surface area is 189 Å². The quantitative estimate of drug-likeness (QED) is 0.527. The van der Waals surface area contributed by atoms with E-state index >= 15 is 0 Å². The maximum atomic E-state index is 12.5. The highest BCUT2D eigenvalue weighted by atomic mass is 32.2. The maximum Gasteiger partial charge on any atom is 0.125 e. The summed E-state index contributed by atoms with van der Waals surface area (Å²) >= 11 is 0. The SMILES string of the molecule is CC.O=S(NCc1ccccn1)c1ccc(-c2ccc(CCN3CCCC3)cc2)cc1. The van der Waals surface area contributed by atoms with Crippen molar-refractivity contribution in [2.75, 3.05) is 19.6 Å². The molecule has 4 rings (SSSR count). The zero-order valence-corrected chi connectivity index (χ0v) is 19.4. The molecule has 1 unspecified atom stereocenters. The van der Waals surface area contributed by atoms with Gasteiger partial charge in [0.15, 0.2) is 0 Å². The number of likely N-dealkylation sites (tertiary alicyclic amines) is 1. The second kappa shape index (κ2) is 12.5. The van der Waals surface area contributed by atoms with Crippen molar-refractivity contribution < 1.29 is 4.21 Å². The number of hydrogen-bond acceptors (Lipinski definition) is 3. The van der Waals surface area contributed by atoms with Gasteiger partial charge in [0.2, 0.25) is 0 Å². The summed E-state index contributed by atoms with van der Waals surface area (Å²) in [7, 11) is -1.25. The molecule has 1 aliphatic rings. The van der Waals surface area contributed by atoms with Crippen molar-refractivity contribution in [2.24, 2.45) is 0 Å². The molecule has 1 saturated heterocycles. The van der Waals surface area contributed by atoms with Crippen LogP contribution in [0.2, 0.25) is 0 Å². The molecule has 0 spiro atoms. The number of rotatable bonds is 8. The summed E-state index contributed by atoms with van der Waals surface area (Å²) in [6, 6.07) is 22.5. The van der Waals surface area contributed by atoms with Gasteiger partial charge in [0.1, 0.15) is 11.0 Å². The van der Waals surface area contributed by atoms with Crippen LogP contribution in [0.1, 0.15) is 37.9 Å². The monoisotopic (exact) mass is 435 g/mol. The first-order valence-electron chi connectivity index (χ1n) is 11.2. The maximum absolute atomic E-state index is 12.5. The van der Waals surface area contributed by atoms with Gasteiger partial charge in [-0.1, -0.05) is 56.3 Å². The van der Waals surface area contributed by atoms with Crippen LogP contribution in [-0.2, 0) is 24.0 Å². The predicted molar refractivity (Wildman–Crippen MR) is 130 cm³/mol. The second-order valence-corrected chi connectivity index (χ2v) is 8.73. The van der Waals surface area contributed by atoms with E-state index in [0.717, 1.165) is 29.1 Å². The first kappa shape index (κ1) is 23.3. The van der Waals surface area contributed by atoms with E-state index in [4.69, 9.17) is 0 Å². The summed E-state index contributed by atoms with van der Waals surface area (Å²) in [6.07, 6.45) is 5.54. The molecule has 1 aliphatic heterocycles. The molecule has 3 aromatic rings. The van der Waals surface area contributed by atoms with Gasteiger partial charge in [-0.3, -0.25) is 4.98 Å². The number of benzene rings is 2. The average molecular weight is 436 g/mol. The Morgan fingerprint density at radius 2 is 1.55 bits per heavy atom. The van der Waals surface area contributed by atoms with Crippen molar-refractivity contribution in [3.8, 4) is 11.1 Å². The molecule has 1 atom stereocenters. The van der Waals surface area contributed by atoms with Gasteiger partial charge in [0, 0.05) is 12.7 Å². The summed E-state index contributed by atoms with van der Waals surface area (Å²) in [5, 5.41) is 0. The van der Waals surface area contributed by atoms with Gasteiger partial charge < -0.3 is 4.90 Å². The van der Waals surface area contributed by atoms with Gasteiger partial charge in [-0.2, -0.15) is 0 Å². The highest BCUT2D eigenvalue weighted by Crippen LogP contribution is 2.22. The molecule has 1 aromatic heterocycles. The highest BCUT2D eigenvalue weighted by Gasteiger charge is 2.11. The molecule has 31 heavy (non-hydrogen) atoms. The van der Waals surface area contributed by atoms with E-state index in [1.54, 1.807) is 6.20 Å². The molecule has 2 heterocycles. The van der Waals surface area contributed by atoms with Crippen LogP contribution in [0.3, 0.4) is 0 Å². The standard InChI is InChI=1S/C24H27N3OS.C2H6/c28-29(26-19-23-5-1-2-15-25-23)24-12-10-22(11-13-24)21-8-6-20(7-9-21)14-18-27-16-3-4-17-27;1-2/h1-2,5-13,15,26H,3-4,14,16-19H2;1-2H3. The van der Waals surface area contributed by atoms with E-state index in [1.807, 2.05) is 56.3 Å². The molecular weight excluding hydrogens is 402 g/mol. The van der Waals surface area contributed by atoms with Crippen molar-refractivity contribution in [1.29, 1.82) is 0 Å². The first-order chi connectivity index (χ1) is 15.3. The number of nitrogens with zero attached hydrogens (tertiary/aromatic N) is 2. The van der Waals surface area contributed by atoms with Gasteiger partial charge in [-0.25, -0.2) is 8.93 Å². The minimum atomic E-state index is -1.25. The lowest BCUT2D eigenvalue weighted by Gasteiger charge is -2.14. The van der Waals surface area contributed by atoms with Crippen LogP contribution in [0.15, 0.2) is 77.8 Å². The van der Waals surface area contributed by atoms with Crippen LogP contribution in [0.25, 0.3) is 11.1 Å². The van der Waals surface area contributed by atoms with Crippen LogP contribution >= 0.6 is 0 Å². The Morgan fingerprint density at radius 1 is 0.903 bits per heavy atom. The average Bonchev–Trinajstić information content (AvgIpc) is 3.37. The number of pyridine rings is 1. The summed E-state index contributed by atoms with van der Waals surface area (Å²) in [5.74, 6) is 0. The Hall–Kier alpha value is -2.34. The molecule has 0 aliphatic carbocycles. The molecule has 2 aromatic carbocycles. The number of nitrogens with one attached hydrogen (secondary N) is 1. The fraction of sp³-hybridized carbons (Fsp3) is 0.346. The molecule has 5 heteroatoms. The fourth-order valence-corrected chi connectivity index (χ4v) is 4.48. The minimum absolute atomic E-state index is 0.480. The largest absolute Gasteiger partial charge is 0.303 e. The normalized spacial score (nSPS) is 14.6. The zero-order valence-electron chi connectivity index (χ0n) is 18.6. The van der Waals surface area contributed by atoms with Gasteiger partial charge in [0.25, 0.3) is 0 Å². The Kier molecular flexibility index (Phi) is 9.40. The summed E-state index contributed by atoms with van der Waals surface area (Å²) in [4.78, 5) is 7.56. The molecule has 4 nitrogen and oxygen atoms in total. The second-order valence-electron chi connectivity index (χ2n) is 7.43. The molecule has 0 saturated carbocycles. The van der Waals surface area contributed by atoms with Crippen LogP contribution in [0.5, 0.6) is 0 Å². The summed E-state index contributed by atoms with van der Waals surface area (Å²) in [6.45, 7) is 8.14. The lowest BCUT2D eigenvalue weighted by molar-refractivity contribution is 0.343. The highest BCUT2D eigenvalue weighted by molar-refractivity contribution is 7.83. The lowest BCUT2D eigenvalue weighted by atomic mass is 10.0. The van der Waals surface area contributed by atoms with Crippen LogP contribution < -0.4 is 4.72 Å². The van der Waals surface area contributed by atoms with Gasteiger partial charge in [0.05, 0.1) is 17.1 Å². The third kappa shape index (κ3) is 7.10. The van der Waals surface area contributed by atoms with Crippen molar-refractivity contribution in [1.82, 2.24) is 14.6 Å². The van der Waals surface area contributed by atoms with Crippen molar-refractivity contribution in [3.05, 3.63) is 84.2 Å². The predicted octanol–water partition coefficient (Wildman–Crippen LogP) is 5.23. The smallest absolute Gasteiger partial charge is 0.125 e. The third-order valence-electron chi connectivity index (χ3n) is 5.38. The minimum Gasteiger partial charge on any atom is -0.303 e. The topological polar surface area (TPSA) is 45.2 Å². The van der Waals surface area contributed by atoms with Crippen LogP contribution in [0.4, 0.5) is 0 Å². The third-order valence-corrected chi connectivity index (χ3v) is 6.49. The molecule has 1 N–H and O–H groups in total. The van der Waals surface area contributed by atoms with E-state index in [0.29, 0.717) is 6.54 Å². The first-order valence-corrected chi connectivity index (χ1v) is 12.4. The molecular formula is C26H33N3OS. The van der Waals surface area contributed by atoms with Crippen molar-refractivity contribution >= 4 is 11.0 Å². The van der Waals surface area contributed by atoms with Crippen molar-refractivity contribution in [2.45, 2.75) is 44.6 Å². The van der Waals surface area contributed by atoms with Gasteiger partial charge in [-0.05, 0) is 73.3 Å². The van der Waals surface area contributed by atoms with E-state index < -0.39 is 11.0 Å². The van der Waals surface area contributed by atoms with E-state index in [-0.39, 0.29) is 0 Å². The van der Waals surface area contributed by atoms with E-state index in [2.05, 4.69) is 38.9 Å². The fourth-order valence-electron chi connectivity index (χ4n) is 3.65. The molecule has 1 fully saturated rings. The molecule has 0 amide bonds. The molecule has 0 bridgehead atoms. The summed E-state index contributed by atoms with van der Waals surface area (Å²) < 4.78 is 15.5. The molecule has 0 radical (unpaired) electrons. The van der Waals surface area contributed by atoms with E-state index in [1.165, 1.54) is 37.1 Å².